The molecule has 0 radical (unpaired) electrons. The third kappa shape index (κ3) is 3.76. The van der Waals surface area contributed by atoms with E-state index >= 15 is 0 Å². The number of hydrogen-bond acceptors (Lipinski definition) is 6. The second kappa shape index (κ2) is 6.93. The normalized spacial score (nSPS) is 25.1. The van der Waals surface area contributed by atoms with Crippen LogP contribution >= 0.6 is 11.6 Å². The molecule has 0 aliphatic carbocycles. The molecule has 9 heteroatoms. The minimum atomic E-state index is -3.78. The van der Waals surface area contributed by atoms with Crippen LogP contribution in [0.2, 0.25) is 5.02 Å². The summed E-state index contributed by atoms with van der Waals surface area (Å²) < 4.78 is 32.0. The summed E-state index contributed by atoms with van der Waals surface area (Å²) in [5.41, 5.74) is 6.12. The number of carbonyl (C=O) groups is 1. The third-order valence-corrected chi connectivity index (χ3v) is 5.35. The van der Waals surface area contributed by atoms with Gasteiger partial charge >= 0.3 is 5.97 Å². The van der Waals surface area contributed by atoms with Crippen molar-refractivity contribution >= 4 is 27.6 Å². The van der Waals surface area contributed by atoms with E-state index in [2.05, 4.69) is 20.3 Å². The summed E-state index contributed by atoms with van der Waals surface area (Å²) in [5, 5.41) is -0.576. The highest BCUT2D eigenvalue weighted by Gasteiger charge is 2.46. The Hall–Kier alpha value is -1.19. The minimum Gasteiger partial charge on any atom is -0.469 e. The molecule has 0 saturated carbocycles. The van der Waals surface area contributed by atoms with Gasteiger partial charge < -0.3 is 4.74 Å². The van der Waals surface area contributed by atoms with Crippen molar-refractivity contribution in [1.29, 1.82) is 0 Å². The lowest BCUT2D eigenvalue weighted by molar-refractivity contribution is -0.145. The fourth-order valence-corrected chi connectivity index (χ4v) is 4.03. The molecule has 0 bridgehead atoms. The lowest BCUT2D eigenvalue weighted by atomic mass is 10.0. The van der Waals surface area contributed by atoms with Gasteiger partial charge in [0.25, 0.3) is 0 Å². The summed E-state index contributed by atoms with van der Waals surface area (Å²) in [7, 11) is -2.54. The molecule has 2 rings (SSSR count). The van der Waals surface area contributed by atoms with Crippen LogP contribution in [0.15, 0.2) is 24.3 Å². The molecule has 0 amide bonds. The van der Waals surface area contributed by atoms with Crippen molar-refractivity contribution in [2.24, 2.45) is 5.92 Å². The van der Waals surface area contributed by atoms with Crippen LogP contribution in [0, 0.1) is 5.92 Å². The number of ether oxygens (including phenoxy) is 1. The number of hydrogen-bond donors (Lipinski definition) is 3. The number of halogens is 1. The number of esters is 1. The molecule has 3 atom stereocenters. The van der Waals surface area contributed by atoms with Crippen molar-refractivity contribution in [3.63, 3.8) is 0 Å². The fraction of sp³-hybridized carbons (Fsp3) is 0.462. The Labute approximate surface area is 134 Å². The molecule has 3 N–H and O–H groups in total. The van der Waals surface area contributed by atoms with Gasteiger partial charge in [-0.15, -0.1) is 0 Å². The maximum Gasteiger partial charge on any atom is 0.313 e. The van der Waals surface area contributed by atoms with Crippen LogP contribution in [0.1, 0.15) is 12.5 Å². The van der Waals surface area contributed by atoms with Gasteiger partial charge in [0.1, 0.15) is 5.92 Å². The van der Waals surface area contributed by atoms with Gasteiger partial charge in [-0.05, 0) is 24.6 Å². The lowest BCUT2D eigenvalue weighted by Crippen LogP contribution is -2.46. The van der Waals surface area contributed by atoms with E-state index in [-0.39, 0.29) is 12.6 Å². The molecule has 0 aromatic heterocycles. The fourth-order valence-electron chi connectivity index (χ4n) is 2.31. The van der Waals surface area contributed by atoms with E-state index in [1.54, 1.807) is 31.2 Å². The maximum atomic E-state index is 12.4. The number of benzene rings is 1. The van der Waals surface area contributed by atoms with E-state index in [0.717, 1.165) is 5.56 Å². The summed E-state index contributed by atoms with van der Waals surface area (Å²) in [5.74, 6) is -1.41. The van der Waals surface area contributed by atoms with Crippen LogP contribution in [0.3, 0.4) is 0 Å². The highest BCUT2D eigenvalue weighted by atomic mass is 35.5. The Morgan fingerprint density at radius 2 is 2.14 bits per heavy atom. The Morgan fingerprint density at radius 3 is 2.77 bits per heavy atom. The number of nitrogens with one attached hydrogen (secondary N) is 3. The van der Waals surface area contributed by atoms with Crippen molar-refractivity contribution in [2.45, 2.75) is 24.9 Å². The van der Waals surface area contributed by atoms with Crippen LogP contribution < -0.4 is 15.6 Å². The first-order valence-electron chi connectivity index (χ1n) is 6.67. The summed E-state index contributed by atoms with van der Waals surface area (Å²) >= 11 is 5.86. The van der Waals surface area contributed by atoms with Gasteiger partial charge in [-0.2, -0.15) is 0 Å². The number of rotatable bonds is 5. The summed E-state index contributed by atoms with van der Waals surface area (Å²) in [6.07, 6.45) is 0. The first-order valence-corrected chi connectivity index (χ1v) is 8.59. The molecule has 1 aliphatic rings. The standard InChI is InChI=1S/C13H18ClN3O4S/c1-8-11(13(18)21-2)12(17-16-8)22(19,20)15-7-9-4-3-5-10(14)6-9/h3-6,8,11-12,15-17H,7H2,1-2H3. The molecule has 0 spiro atoms. The highest BCUT2D eigenvalue weighted by molar-refractivity contribution is 7.90. The van der Waals surface area contributed by atoms with Gasteiger partial charge in [-0.25, -0.2) is 18.6 Å². The van der Waals surface area contributed by atoms with Gasteiger partial charge in [0.2, 0.25) is 10.0 Å². The highest BCUT2D eigenvalue weighted by Crippen LogP contribution is 2.20. The van der Waals surface area contributed by atoms with Crippen LogP contribution in [0.4, 0.5) is 0 Å². The molecule has 22 heavy (non-hydrogen) atoms. The molecule has 122 valence electrons. The monoisotopic (exact) mass is 347 g/mol. The zero-order valence-corrected chi connectivity index (χ0v) is 13.7. The van der Waals surface area contributed by atoms with Crippen LogP contribution in [0.25, 0.3) is 0 Å². The van der Waals surface area contributed by atoms with Gasteiger partial charge in [-0.1, -0.05) is 23.7 Å². The number of methoxy groups -OCH3 is 1. The molecule has 1 heterocycles. The van der Waals surface area contributed by atoms with E-state index in [1.165, 1.54) is 7.11 Å². The van der Waals surface area contributed by atoms with Crippen molar-refractivity contribution < 1.29 is 17.9 Å². The van der Waals surface area contributed by atoms with E-state index < -0.39 is 27.3 Å². The SMILES string of the molecule is COC(=O)C1C(C)NNC1S(=O)(=O)NCc1cccc(Cl)c1. The third-order valence-electron chi connectivity index (χ3n) is 3.49. The molecule has 7 nitrogen and oxygen atoms in total. The molecule has 1 fully saturated rings. The molecular formula is C13H18ClN3O4S. The largest absolute Gasteiger partial charge is 0.469 e. The Kier molecular flexibility index (Phi) is 5.41. The molecule has 1 aromatic rings. The molecule has 1 aliphatic heterocycles. The smallest absolute Gasteiger partial charge is 0.313 e. The van der Waals surface area contributed by atoms with Crippen molar-refractivity contribution in [1.82, 2.24) is 15.6 Å². The van der Waals surface area contributed by atoms with Crippen molar-refractivity contribution in [2.75, 3.05) is 7.11 Å². The zero-order chi connectivity index (χ0) is 16.3. The van der Waals surface area contributed by atoms with Gasteiger partial charge in [0.15, 0.2) is 5.37 Å². The Morgan fingerprint density at radius 1 is 1.41 bits per heavy atom. The Balaban J connectivity index is 2.11. The quantitative estimate of drug-likeness (QED) is 0.666. The topological polar surface area (TPSA) is 96.5 Å². The Bertz CT molecular complexity index is 652. The maximum absolute atomic E-state index is 12.4. The van der Waals surface area contributed by atoms with Crippen LogP contribution in [-0.2, 0) is 26.1 Å². The van der Waals surface area contributed by atoms with E-state index in [9.17, 15) is 13.2 Å². The van der Waals surface area contributed by atoms with Crippen molar-refractivity contribution in [3.8, 4) is 0 Å². The molecule has 3 unspecified atom stereocenters. The first kappa shape index (κ1) is 17.2. The van der Waals surface area contributed by atoms with E-state index in [0.29, 0.717) is 5.02 Å². The predicted molar refractivity (Wildman–Crippen MR) is 82.2 cm³/mol. The zero-order valence-electron chi connectivity index (χ0n) is 12.2. The molecule has 1 saturated heterocycles. The lowest BCUT2D eigenvalue weighted by Gasteiger charge is -2.19. The minimum absolute atomic E-state index is 0.0867. The number of hydrazine groups is 1. The second-order valence-electron chi connectivity index (χ2n) is 5.04. The predicted octanol–water partition coefficient (Wildman–Crippen LogP) is 0.371. The summed E-state index contributed by atoms with van der Waals surface area (Å²) in [4.78, 5) is 11.8. The number of sulfonamides is 1. The van der Waals surface area contributed by atoms with Crippen LogP contribution in [0.5, 0.6) is 0 Å². The first-order chi connectivity index (χ1) is 10.3. The van der Waals surface area contributed by atoms with Gasteiger partial charge in [0.05, 0.1) is 7.11 Å². The second-order valence-corrected chi connectivity index (χ2v) is 7.37. The molecule has 1 aromatic carbocycles. The average Bonchev–Trinajstić information content (AvgIpc) is 2.87. The van der Waals surface area contributed by atoms with Gasteiger partial charge in [-0.3, -0.25) is 10.2 Å². The summed E-state index contributed by atoms with van der Waals surface area (Å²) in [6.45, 7) is 1.80. The van der Waals surface area contributed by atoms with E-state index in [4.69, 9.17) is 11.6 Å². The molecular weight excluding hydrogens is 330 g/mol. The van der Waals surface area contributed by atoms with Gasteiger partial charge in [0, 0.05) is 17.6 Å². The summed E-state index contributed by atoms with van der Waals surface area (Å²) in [6, 6.07) is 6.51. The van der Waals surface area contributed by atoms with Crippen molar-refractivity contribution in [3.05, 3.63) is 34.9 Å². The number of carbonyl (C=O) groups excluding carboxylic acids is 1. The average molecular weight is 348 g/mol. The van der Waals surface area contributed by atoms with Crippen LogP contribution in [-0.4, -0.2) is 32.9 Å². The van der Waals surface area contributed by atoms with E-state index in [1.807, 2.05) is 0 Å².